The number of tetrazole rings is 1. The molecule has 1 saturated heterocycles. The molecule has 2 heterocycles. The third-order valence-electron chi connectivity index (χ3n) is 3.70. The van der Waals surface area contributed by atoms with Gasteiger partial charge in [-0.2, -0.15) is 4.68 Å². The lowest BCUT2D eigenvalue weighted by Gasteiger charge is -2.31. The zero-order chi connectivity index (χ0) is 16.2. The van der Waals surface area contributed by atoms with Crippen LogP contribution in [0.4, 0.5) is 0 Å². The number of amides is 1. The van der Waals surface area contributed by atoms with Gasteiger partial charge in [-0.3, -0.25) is 4.79 Å². The van der Waals surface area contributed by atoms with E-state index in [0.717, 1.165) is 5.56 Å². The van der Waals surface area contributed by atoms with Gasteiger partial charge in [0.25, 0.3) is 5.91 Å². The highest BCUT2D eigenvalue weighted by atomic mass is 16.5. The van der Waals surface area contributed by atoms with E-state index < -0.39 is 0 Å². The van der Waals surface area contributed by atoms with Crippen molar-refractivity contribution in [1.29, 1.82) is 0 Å². The summed E-state index contributed by atoms with van der Waals surface area (Å²) in [6, 6.07) is 9.67. The molecule has 23 heavy (non-hydrogen) atoms. The quantitative estimate of drug-likeness (QED) is 0.797. The van der Waals surface area contributed by atoms with Gasteiger partial charge in [-0.05, 0) is 35.9 Å². The molecule has 7 heteroatoms. The largest absolute Gasteiger partial charge is 0.375 e. The van der Waals surface area contributed by atoms with Crippen molar-refractivity contribution in [2.45, 2.75) is 20.0 Å². The summed E-state index contributed by atoms with van der Waals surface area (Å²) in [4.78, 5) is 14.8. The molecule has 0 spiro atoms. The first-order valence-corrected chi connectivity index (χ1v) is 7.58. The molecule has 0 bridgehead atoms. The van der Waals surface area contributed by atoms with Crippen LogP contribution in [0, 0.1) is 6.92 Å². The molecule has 1 unspecified atom stereocenters. The normalized spacial score (nSPS) is 19.0. The van der Waals surface area contributed by atoms with Gasteiger partial charge in [-0.1, -0.05) is 30.3 Å². The zero-order valence-electron chi connectivity index (χ0n) is 13.2. The number of hydrogen-bond donors (Lipinski definition) is 0. The summed E-state index contributed by atoms with van der Waals surface area (Å²) in [5.74, 6) is 0.473. The summed E-state index contributed by atoms with van der Waals surface area (Å²) in [5.41, 5.74) is 1.36. The van der Waals surface area contributed by atoms with Gasteiger partial charge in [0.1, 0.15) is 5.70 Å². The van der Waals surface area contributed by atoms with E-state index in [1.54, 1.807) is 11.8 Å². The van der Waals surface area contributed by atoms with Crippen LogP contribution in [-0.4, -0.2) is 56.8 Å². The number of aromatic nitrogens is 4. The lowest BCUT2D eigenvalue weighted by molar-refractivity contribution is -0.132. The Morgan fingerprint density at radius 3 is 2.78 bits per heavy atom. The minimum atomic E-state index is -0.0978. The average Bonchev–Trinajstić information content (AvgIpc) is 2.99. The van der Waals surface area contributed by atoms with E-state index in [1.807, 2.05) is 43.3 Å². The third kappa shape index (κ3) is 3.45. The Hall–Kier alpha value is -2.54. The van der Waals surface area contributed by atoms with Crippen LogP contribution < -0.4 is 0 Å². The van der Waals surface area contributed by atoms with Crippen LogP contribution in [0.3, 0.4) is 0 Å². The maximum Gasteiger partial charge on any atom is 0.272 e. The second kappa shape index (κ2) is 6.70. The summed E-state index contributed by atoms with van der Waals surface area (Å²) in [6.07, 6.45) is 1.84. The Bertz CT molecular complexity index is 710. The van der Waals surface area contributed by atoms with Crippen molar-refractivity contribution in [1.82, 2.24) is 25.1 Å². The SMILES string of the molecule is Cc1nnnn1C(=Cc1ccccc1)C(=O)N1CCOC(C)C1. The molecular weight excluding hydrogens is 294 g/mol. The first kappa shape index (κ1) is 15.4. The highest BCUT2D eigenvalue weighted by molar-refractivity contribution is 6.18. The number of morpholine rings is 1. The Balaban J connectivity index is 1.97. The Kier molecular flexibility index (Phi) is 4.47. The van der Waals surface area contributed by atoms with Gasteiger partial charge in [0.05, 0.1) is 12.7 Å². The minimum Gasteiger partial charge on any atom is -0.375 e. The van der Waals surface area contributed by atoms with Crippen LogP contribution >= 0.6 is 0 Å². The van der Waals surface area contributed by atoms with Crippen LogP contribution in [0.5, 0.6) is 0 Å². The van der Waals surface area contributed by atoms with Crippen molar-refractivity contribution >= 4 is 17.7 Å². The molecule has 7 nitrogen and oxygen atoms in total. The van der Waals surface area contributed by atoms with Crippen LogP contribution in [0.25, 0.3) is 11.8 Å². The number of rotatable bonds is 3. The van der Waals surface area contributed by atoms with Crippen molar-refractivity contribution < 1.29 is 9.53 Å². The molecule has 0 radical (unpaired) electrons. The molecule has 1 aliphatic heterocycles. The van der Waals surface area contributed by atoms with Crippen molar-refractivity contribution in [3.05, 3.63) is 41.7 Å². The van der Waals surface area contributed by atoms with Gasteiger partial charge in [-0.15, -0.1) is 5.10 Å². The lowest BCUT2D eigenvalue weighted by Crippen LogP contribution is -2.45. The monoisotopic (exact) mass is 313 g/mol. The molecule has 120 valence electrons. The van der Waals surface area contributed by atoms with Gasteiger partial charge >= 0.3 is 0 Å². The fourth-order valence-corrected chi connectivity index (χ4v) is 2.54. The van der Waals surface area contributed by atoms with E-state index in [1.165, 1.54) is 4.68 Å². The standard InChI is InChI=1S/C16H19N5O2/c1-12-11-20(8-9-23-12)16(22)15(21-13(2)17-18-19-21)10-14-6-4-3-5-7-14/h3-7,10,12H,8-9,11H2,1-2H3. The van der Waals surface area contributed by atoms with E-state index in [0.29, 0.717) is 31.2 Å². The summed E-state index contributed by atoms with van der Waals surface area (Å²) in [7, 11) is 0. The van der Waals surface area contributed by atoms with Crippen molar-refractivity contribution in [2.24, 2.45) is 0 Å². The molecule has 3 rings (SSSR count). The fraction of sp³-hybridized carbons (Fsp3) is 0.375. The lowest BCUT2D eigenvalue weighted by atomic mass is 10.1. The van der Waals surface area contributed by atoms with Crippen LogP contribution in [0.15, 0.2) is 30.3 Å². The number of nitrogens with zero attached hydrogens (tertiary/aromatic N) is 5. The number of ether oxygens (including phenoxy) is 1. The molecule has 2 aromatic rings. The first-order valence-electron chi connectivity index (χ1n) is 7.58. The number of hydrogen-bond acceptors (Lipinski definition) is 5. The minimum absolute atomic E-state index is 0.0284. The molecule has 0 aliphatic carbocycles. The highest BCUT2D eigenvalue weighted by Gasteiger charge is 2.26. The first-order chi connectivity index (χ1) is 11.1. The molecule has 0 saturated carbocycles. The highest BCUT2D eigenvalue weighted by Crippen LogP contribution is 2.17. The van der Waals surface area contributed by atoms with Crippen LogP contribution in [0.2, 0.25) is 0 Å². The molecule has 1 fully saturated rings. The number of aryl methyl sites for hydroxylation is 1. The van der Waals surface area contributed by atoms with Gasteiger partial charge < -0.3 is 9.64 Å². The van der Waals surface area contributed by atoms with Gasteiger partial charge in [0.2, 0.25) is 0 Å². The fourth-order valence-electron chi connectivity index (χ4n) is 2.54. The van der Waals surface area contributed by atoms with E-state index in [9.17, 15) is 4.79 Å². The maximum atomic E-state index is 13.0. The van der Waals surface area contributed by atoms with Crippen molar-refractivity contribution in [3.8, 4) is 0 Å². The molecule has 1 aromatic carbocycles. The van der Waals surface area contributed by atoms with E-state index in [4.69, 9.17) is 4.74 Å². The number of carbonyl (C=O) groups excluding carboxylic acids is 1. The molecule has 0 N–H and O–H groups in total. The zero-order valence-corrected chi connectivity index (χ0v) is 13.2. The van der Waals surface area contributed by atoms with Gasteiger partial charge in [0.15, 0.2) is 5.82 Å². The molecular formula is C16H19N5O2. The van der Waals surface area contributed by atoms with E-state index in [2.05, 4.69) is 15.5 Å². The number of benzene rings is 1. The second-order valence-corrected chi connectivity index (χ2v) is 5.51. The van der Waals surface area contributed by atoms with Crippen molar-refractivity contribution in [3.63, 3.8) is 0 Å². The molecule has 1 amide bonds. The smallest absolute Gasteiger partial charge is 0.272 e. The summed E-state index contributed by atoms with van der Waals surface area (Å²) < 4.78 is 6.99. The van der Waals surface area contributed by atoms with E-state index >= 15 is 0 Å². The second-order valence-electron chi connectivity index (χ2n) is 5.51. The number of carbonyl (C=O) groups is 1. The van der Waals surface area contributed by atoms with Crippen LogP contribution in [-0.2, 0) is 9.53 Å². The predicted octanol–water partition coefficient (Wildman–Crippen LogP) is 1.23. The Labute approximate surface area is 134 Å². The Morgan fingerprint density at radius 1 is 1.35 bits per heavy atom. The van der Waals surface area contributed by atoms with E-state index in [-0.39, 0.29) is 12.0 Å². The summed E-state index contributed by atoms with van der Waals surface area (Å²) >= 11 is 0. The third-order valence-corrected chi connectivity index (χ3v) is 3.70. The predicted molar refractivity (Wildman–Crippen MR) is 85.2 cm³/mol. The van der Waals surface area contributed by atoms with Crippen LogP contribution in [0.1, 0.15) is 18.3 Å². The maximum absolute atomic E-state index is 13.0. The summed E-state index contributed by atoms with van der Waals surface area (Å²) in [5, 5.41) is 11.5. The summed E-state index contributed by atoms with van der Waals surface area (Å²) in [6.45, 7) is 5.40. The van der Waals surface area contributed by atoms with Gasteiger partial charge in [-0.25, -0.2) is 0 Å². The Morgan fingerprint density at radius 2 is 2.13 bits per heavy atom. The molecule has 1 atom stereocenters. The average molecular weight is 313 g/mol. The van der Waals surface area contributed by atoms with Crippen molar-refractivity contribution in [2.75, 3.05) is 19.7 Å². The molecule has 1 aromatic heterocycles. The topological polar surface area (TPSA) is 73.1 Å². The van der Waals surface area contributed by atoms with Gasteiger partial charge in [0, 0.05) is 13.1 Å². The molecule has 1 aliphatic rings.